The molecule has 2 N–H and O–H groups in total. The van der Waals surface area contributed by atoms with E-state index in [0.29, 0.717) is 17.5 Å². The van der Waals surface area contributed by atoms with Crippen LogP contribution in [-0.4, -0.2) is 17.3 Å². The second kappa shape index (κ2) is 7.81. The van der Waals surface area contributed by atoms with Gasteiger partial charge in [0, 0.05) is 11.8 Å². The molecule has 1 saturated carbocycles. The Morgan fingerprint density at radius 3 is 2.50 bits per heavy atom. The Hall–Kier alpha value is -2.49. The number of ether oxygens (including phenoxy) is 1. The number of carbonyl (C=O) groups is 1. The monoisotopic (exact) mass is 353 g/mol. The summed E-state index contributed by atoms with van der Waals surface area (Å²) in [6.45, 7) is 4.51. The highest BCUT2D eigenvalue weighted by Gasteiger charge is 2.28. The van der Waals surface area contributed by atoms with Crippen molar-refractivity contribution in [3.05, 3.63) is 59.7 Å². The summed E-state index contributed by atoms with van der Waals surface area (Å²) in [7, 11) is 0. The van der Waals surface area contributed by atoms with Crippen molar-refractivity contribution in [2.45, 2.75) is 52.1 Å². The molecule has 0 saturated heterocycles. The van der Waals surface area contributed by atoms with Crippen molar-refractivity contribution in [2.75, 3.05) is 5.32 Å². The van der Waals surface area contributed by atoms with Gasteiger partial charge in [-0.2, -0.15) is 0 Å². The van der Waals surface area contributed by atoms with Gasteiger partial charge < -0.3 is 9.84 Å². The second-order valence-corrected chi connectivity index (χ2v) is 7.94. The zero-order valence-corrected chi connectivity index (χ0v) is 15.5. The van der Waals surface area contributed by atoms with E-state index in [1.165, 1.54) is 0 Å². The average Bonchev–Trinajstić information content (AvgIpc) is 2.57. The topological polar surface area (TPSA) is 58.6 Å². The first-order valence-electron chi connectivity index (χ1n) is 9.24. The number of amides is 1. The van der Waals surface area contributed by atoms with Crippen molar-refractivity contribution in [3.63, 3.8) is 0 Å². The van der Waals surface area contributed by atoms with Gasteiger partial charge in [-0.3, -0.25) is 5.32 Å². The molecule has 1 fully saturated rings. The summed E-state index contributed by atoms with van der Waals surface area (Å²) in [6, 6.07) is 15.2. The smallest absolute Gasteiger partial charge is 0.411 e. The first-order chi connectivity index (χ1) is 12.4. The van der Waals surface area contributed by atoms with Crippen LogP contribution in [0, 0.1) is 5.41 Å². The predicted molar refractivity (Wildman–Crippen MR) is 103 cm³/mol. The lowest BCUT2D eigenvalue weighted by molar-refractivity contribution is 0.0563. The number of phenols is 1. The fourth-order valence-electron chi connectivity index (χ4n) is 3.47. The van der Waals surface area contributed by atoms with Gasteiger partial charge in [-0.05, 0) is 60.8 Å². The molecule has 0 unspecified atom stereocenters. The van der Waals surface area contributed by atoms with Gasteiger partial charge >= 0.3 is 6.09 Å². The number of anilines is 1. The van der Waals surface area contributed by atoms with E-state index in [9.17, 15) is 9.90 Å². The van der Waals surface area contributed by atoms with Crippen LogP contribution >= 0.6 is 0 Å². The van der Waals surface area contributed by atoms with Crippen molar-refractivity contribution in [3.8, 4) is 5.75 Å². The second-order valence-electron chi connectivity index (χ2n) is 7.94. The van der Waals surface area contributed by atoms with Gasteiger partial charge in [-0.15, -0.1) is 0 Å². The minimum absolute atomic E-state index is 0.0240. The number of hydrogen-bond donors (Lipinski definition) is 2. The molecular formula is C22H27NO3. The summed E-state index contributed by atoms with van der Waals surface area (Å²) < 4.78 is 5.55. The Bertz CT molecular complexity index is 745. The maximum atomic E-state index is 12.2. The zero-order valence-electron chi connectivity index (χ0n) is 15.5. The Morgan fingerprint density at radius 1 is 1.12 bits per heavy atom. The van der Waals surface area contributed by atoms with Crippen molar-refractivity contribution < 1.29 is 14.6 Å². The lowest BCUT2D eigenvalue weighted by Crippen LogP contribution is -2.29. The zero-order chi connectivity index (χ0) is 18.6. The number of hydrogen-bond acceptors (Lipinski definition) is 3. The maximum absolute atomic E-state index is 12.2. The van der Waals surface area contributed by atoms with Gasteiger partial charge in [0.15, 0.2) is 0 Å². The third kappa shape index (κ3) is 5.25. The van der Waals surface area contributed by atoms with Gasteiger partial charge in [0.2, 0.25) is 0 Å². The van der Waals surface area contributed by atoms with Crippen molar-refractivity contribution in [1.82, 2.24) is 0 Å². The van der Waals surface area contributed by atoms with Crippen LogP contribution in [0.25, 0.3) is 0 Å². The fourth-order valence-corrected chi connectivity index (χ4v) is 3.47. The number of phenolic OH excluding ortho intramolecular Hbond substituents is 1. The Labute approximate surface area is 155 Å². The molecule has 0 aromatic heterocycles. The Morgan fingerprint density at radius 2 is 1.81 bits per heavy atom. The van der Waals surface area contributed by atoms with Crippen molar-refractivity contribution in [2.24, 2.45) is 5.41 Å². The highest BCUT2D eigenvalue weighted by molar-refractivity contribution is 5.85. The molecule has 1 amide bonds. The van der Waals surface area contributed by atoms with Crippen molar-refractivity contribution >= 4 is 11.8 Å². The highest BCUT2D eigenvalue weighted by atomic mass is 16.6. The maximum Gasteiger partial charge on any atom is 0.411 e. The average molecular weight is 353 g/mol. The van der Waals surface area contributed by atoms with E-state index in [1.54, 1.807) is 12.1 Å². The van der Waals surface area contributed by atoms with Gasteiger partial charge in [-0.25, -0.2) is 4.79 Å². The van der Waals surface area contributed by atoms with E-state index < -0.39 is 6.09 Å². The minimum atomic E-state index is -0.453. The van der Waals surface area contributed by atoms with Gasteiger partial charge in [-0.1, -0.05) is 44.2 Å². The van der Waals surface area contributed by atoms with Gasteiger partial charge in [0.1, 0.15) is 11.9 Å². The first-order valence-corrected chi connectivity index (χ1v) is 9.24. The minimum Gasteiger partial charge on any atom is -0.508 e. The largest absolute Gasteiger partial charge is 0.508 e. The van der Waals surface area contributed by atoms with E-state index in [0.717, 1.165) is 36.8 Å². The molecule has 4 nitrogen and oxygen atoms in total. The van der Waals surface area contributed by atoms with Gasteiger partial charge in [0.25, 0.3) is 0 Å². The highest BCUT2D eigenvalue weighted by Crippen LogP contribution is 2.36. The van der Waals surface area contributed by atoms with E-state index in [4.69, 9.17) is 4.74 Å². The Kier molecular flexibility index (Phi) is 5.50. The normalized spacial score (nSPS) is 16.8. The summed E-state index contributed by atoms with van der Waals surface area (Å²) in [5.41, 5.74) is 2.98. The van der Waals surface area contributed by atoms with Crippen LogP contribution in [0.1, 0.15) is 50.7 Å². The molecule has 0 spiro atoms. The van der Waals surface area contributed by atoms with Crippen LogP contribution in [0.15, 0.2) is 48.5 Å². The fraction of sp³-hybridized carbons (Fsp3) is 0.409. The third-order valence-corrected chi connectivity index (χ3v) is 5.03. The first kappa shape index (κ1) is 18.3. The molecule has 0 bridgehead atoms. The summed E-state index contributed by atoms with van der Waals surface area (Å²) in [6.07, 6.45) is 4.15. The molecule has 4 heteroatoms. The van der Waals surface area contributed by atoms with E-state index in [1.807, 2.05) is 36.4 Å². The number of aromatic hydroxyl groups is 1. The lowest BCUT2D eigenvalue weighted by Gasteiger charge is -2.33. The molecule has 26 heavy (non-hydrogen) atoms. The Balaban J connectivity index is 1.59. The van der Waals surface area contributed by atoms with Crippen LogP contribution in [0.3, 0.4) is 0 Å². The van der Waals surface area contributed by atoms with Crippen LogP contribution in [0.2, 0.25) is 0 Å². The molecular weight excluding hydrogens is 326 g/mol. The van der Waals surface area contributed by atoms with Crippen LogP contribution in [0.5, 0.6) is 5.75 Å². The number of nitrogens with one attached hydrogen (secondary N) is 1. The number of carbonyl (C=O) groups excluding carboxylic acids is 1. The quantitative estimate of drug-likeness (QED) is 0.763. The third-order valence-electron chi connectivity index (χ3n) is 5.03. The number of rotatable bonds is 4. The molecule has 1 aliphatic carbocycles. The molecule has 138 valence electrons. The van der Waals surface area contributed by atoms with Crippen LogP contribution in [0.4, 0.5) is 10.5 Å². The summed E-state index contributed by atoms with van der Waals surface area (Å²) >= 11 is 0. The molecule has 0 heterocycles. The van der Waals surface area contributed by atoms with Crippen molar-refractivity contribution in [1.29, 1.82) is 0 Å². The van der Waals surface area contributed by atoms with E-state index in [2.05, 4.69) is 19.2 Å². The molecule has 0 aliphatic heterocycles. The summed E-state index contributed by atoms with van der Waals surface area (Å²) in [4.78, 5) is 12.2. The molecule has 1 aliphatic rings. The molecule has 3 rings (SSSR count). The molecule has 2 aromatic rings. The SMILES string of the molecule is CC1(C)CCC(OC(=O)Nc2cc(O)cc(Cc3ccccc3)c2)CC1. The van der Waals surface area contributed by atoms with Gasteiger partial charge in [0.05, 0.1) is 0 Å². The number of benzene rings is 2. The van der Waals surface area contributed by atoms with E-state index >= 15 is 0 Å². The summed E-state index contributed by atoms with van der Waals surface area (Å²) in [5, 5.41) is 12.7. The molecule has 0 atom stereocenters. The standard InChI is InChI=1S/C22H27NO3/c1-22(2)10-8-20(9-11-22)26-21(25)23-18-13-17(14-19(24)15-18)12-16-6-4-3-5-7-16/h3-7,13-15,20,24H,8-12H2,1-2H3,(H,23,25). The molecule has 2 aromatic carbocycles. The van der Waals surface area contributed by atoms with Crippen LogP contribution in [-0.2, 0) is 11.2 Å². The summed E-state index contributed by atoms with van der Waals surface area (Å²) in [5.74, 6) is 0.133. The molecule has 0 radical (unpaired) electrons. The lowest BCUT2D eigenvalue weighted by atomic mass is 9.76. The van der Waals surface area contributed by atoms with E-state index in [-0.39, 0.29) is 11.9 Å². The predicted octanol–water partition coefficient (Wildman–Crippen LogP) is 5.50. The van der Waals surface area contributed by atoms with Crippen LogP contribution < -0.4 is 5.32 Å².